The van der Waals surface area contributed by atoms with Crippen molar-refractivity contribution in [2.45, 2.75) is 0 Å². The molecule has 2 aromatic rings. The van der Waals surface area contributed by atoms with E-state index in [9.17, 15) is 4.79 Å². The van der Waals surface area contributed by atoms with E-state index < -0.39 is 0 Å². The smallest absolute Gasteiger partial charge is 0.260 e. The standard InChI is InChI=1S/C9H6ClN3O2/c10-7-3-12-8(4-11-7)13-9(14)6-1-2-15-5-6/h1-5H,(H,12,13,14). The largest absolute Gasteiger partial charge is 0.472 e. The summed E-state index contributed by atoms with van der Waals surface area (Å²) in [7, 11) is 0. The van der Waals surface area contributed by atoms with Crippen LogP contribution in [0.5, 0.6) is 0 Å². The lowest BCUT2D eigenvalue weighted by molar-refractivity contribution is 0.102. The summed E-state index contributed by atoms with van der Waals surface area (Å²) in [5.41, 5.74) is 0.423. The van der Waals surface area contributed by atoms with Gasteiger partial charge in [-0.3, -0.25) is 4.79 Å². The SMILES string of the molecule is O=C(Nc1cnc(Cl)cn1)c1ccoc1. The number of hydrogen-bond acceptors (Lipinski definition) is 4. The molecule has 0 saturated carbocycles. The molecule has 0 bridgehead atoms. The number of aromatic nitrogens is 2. The highest BCUT2D eigenvalue weighted by Gasteiger charge is 2.07. The molecule has 15 heavy (non-hydrogen) atoms. The van der Waals surface area contributed by atoms with E-state index in [0.717, 1.165) is 0 Å². The molecule has 0 unspecified atom stereocenters. The molecule has 6 heteroatoms. The number of carbonyl (C=O) groups is 1. The zero-order chi connectivity index (χ0) is 10.7. The molecule has 0 aromatic carbocycles. The third kappa shape index (κ3) is 2.32. The maximum atomic E-state index is 11.5. The molecular weight excluding hydrogens is 218 g/mol. The molecule has 0 spiro atoms. The molecule has 0 aliphatic heterocycles. The summed E-state index contributed by atoms with van der Waals surface area (Å²) >= 11 is 5.55. The van der Waals surface area contributed by atoms with E-state index in [0.29, 0.717) is 11.4 Å². The number of carbonyl (C=O) groups excluding carboxylic acids is 1. The van der Waals surface area contributed by atoms with Gasteiger partial charge in [-0.2, -0.15) is 0 Å². The zero-order valence-corrected chi connectivity index (χ0v) is 8.23. The predicted octanol–water partition coefficient (Wildman–Crippen LogP) is 1.98. The Morgan fingerprint density at radius 1 is 1.40 bits per heavy atom. The summed E-state index contributed by atoms with van der Waals surface area (Å²) in [5.74, 6) is 0.0333. The van der Waals surface area contributed by atoms with Gasteiger partial charge in [0.25, 0.3) is 5.91 Å². The van der Waals surface area contributed by atoms with Gasteiger partial charge >= 0.3 is 0 Å². The molecule has 2 heterocycles. The van der Waals surface area contributed by atoms with Crippen LogP contribution < -0.4 is 5.32 Å². The molecule has 5 nitrogen and oxygen atoms in total. The van der Waals surface area contributed by atoms with Gasteiger partial charge in [-0.15, -0.1) is 0 Å². The Kier molecular flexibility index (Phi) is 2.64. The molecule has 0 saturated heterocycles. The van der Waals surface area contributed by atoms with Crippen LogP contribution in [0.15, 0.2) is 35.4 Å². The van der Waals surface area contributed by atoms with Gasteiger partial charge in [0, 0.05) is 0 Å². The Balaban J connectivity index is 2.09. The molecule has 1 amide bonds. The molecule has 2 aromatic heterocycles. The number of anilines is 1. The van der Waals surface area contributed by atoms with Crippen molar-refractivity contribution in [1.82, 2.24) is 9.97 Å². The number of halogens is 1. The quantitative estimate of drug-likeness (QED) is 0.845. The van der Waals surface area contributed by atoms with Crippen LogP contribution in [0.3, 0.4) is 0 Å². The van der Waals surface area contributed by atoms with E-state index in [1.165, 1.54) is 24.9 Å². The minimum absolute atomic E-state index is 0.274. The molecule has 0 aliphatic rings. The lowest BCUT2D eigenvalue weighted by atomic mass is 10.3. The first kappa shape index (κ1) is 9.67. The van der Waals surface area contributed by atoms with Crippen LogP contribution in [0, 0.1) is 0 Å². The second kappa shape index (κ2) is 4.10. The predicted molar refractivity (Wildman–Crippen MR) is 53.7 cm³/mol. The lowest BCUT2D eigenvalue weighted by Crippen LogP contribution is -2.12. The molecule has 0 fully saturated rings. The average molecular weight is 224 g/mol. The summed E-state index contributed by atoms with van der Waals surface area (Å²) in [6, 6.07) is 1.55. The average Bonchev–Trinajstić information content (AvgIpc) is 2.74. The van der Waals surface area contributed by atoms with Gasteiger partial charge in [-0.25, -0.2) is 9.97 Å². The highest BCUT2D eigenvalue weighted by atomic mass is 35.5. The van der Waals surface area contributed by atoms with Crippen molar-refractivity contribution in [1.29, 1.82) is 0 Å². The van der Waals surface area contributed by atoms with Crippen molar-refractivity contribution < 1.29 is 9.21 Å². The van der Waals surface area contributed by atoms with Crippen LogP contribution in [0.2, 0.25) is 5.15 Å². The Hall–Kier alpha value is -1.88. The fourth-order valence-corrected chi connectivity index (χ4v) is 1.06. The van der Waals surface area contributed by atoms with Gasteiger partial charge in [0.1, 0.15) is 11.4 Å². The van der Waals surface area contributed by atoms with E-state index in [2.05, 4.69) is 15.3 Å². The number of furan rings is 1. The molecular formula is C9H6ClN3O2. The van der Waals surface area contributed by atoms with Gasteiger partial charge in [-0.05, 0) is 6.07 Å². The Morgan fingerprint density at radius 3 is 2.87 bits per heavy atom. The summed E-state index contributed by atoms with van der Waals surface area (Å²) < 4.78 is 4.77. The summed E-state index contributed by atoms with van der Waals surface area (Å²) in [6.45, 7) is 0. The van der Waals surface area contributed by atoms with Crippen LogP contribution >= 0.6 is 11.6 Å². The summed E-state index contributed by atoms with van der Waals surface area (Å²) in [5, 5.41) is 2.81. The van der Waals surface area contributed by atoms with Crippen molar-refractivity contribution >= 4 is 23.3 Å². The van der Waals surface area contributed by atoms with E-state index in [1.807, 2.05) is 0 Å². The second-order valence-electron chi connectivity index (χ2n) is 2.69. The van der Waals surface area contributed by atoms with Crippen LogP contribution in [-0.2, 0) is 0 Å². The Bertz CT molecular complexity index is 453. The monoisotopic (exact) mass is 223 g/mol. The number of hydrogen-bond donors (Lipinski definition) is 1. The van der Waals surface area contributed by atoms with Crippen molar-refractivity contribution in [3.63, 3.8) is 0 Å². The first-order valence-corrected chi connectivity index (χ1v) is 4.44. The van der Waals surface area contributed by atoms with Crippen LogP contribution in [0.1, 0.15) is 10.4 Å². The Morgan fingerprint density at radius 2 is 2.27 bits per heavy atom. The maximum Gasteiger partial charge on any atom is 0.260 e. The van der Waals surface area contributed by atoms with E-state index in [1.54, 1.807) is 6.07 Å². The molecule has 0 aliphatic carbocycles. The number of rotatable bonds is 2. The maximum absolute atomic E-state index is 11.5. The normalized spacial score (nSPS) is 9.93. The molecule has 0 atom stereocenters. The molecule has 76 valence electrons. The second-order valence-corrected chi connectivity index (χ2v) is 3.08. The minimum atomic E-state index is -0.305. The lowest BCUT2D eigenvalue weighted by Gasteiger charge is -2.00. The highest BCUT2D eigenvalue weighted by Crippen LogP contribution is 2.07. The first-order chi connectivity index (χ1) is 7.25. The van der Waals surface area contributed by atoms with Crippen molar-refractivity contribution in [3.05, 3.63) is 41.7 Å². The molecule has 2 rings (SSSR count). The van der Waals surface area contributed by atoms with Crippen molar-refractivity contribution in [2.75, 3.05) is 5.32 Å². The Labute approximate surface area is 90.1 Å². The van der Waals surface area contributed by atoms with Crippen LogP contribution in [0.4, 0.5) is 5.82 Å². The van der Waals surface area contributed by atoms with Crippen molar-refractivity contribution in [2.24, 2.45) is 0 Å². The number of nitrogens with one attached hydrogen (secondary N) is 1. The third-order valence-corrected chi connectivity index (χ3v) is 1.84. The summed E-state index contributed by atoms with van der Waals surface area (Å²) in [6.07, 6.45) is 5.49. The van der Waals surface area contributed by atoms with E-state index in [4.69, 9.17) is 16.0 Å². The van der Waals surface area contributed by atoms with Gasteiger partial charge < -0.3 is 9.73 Å². The van der Waals surface area contributed by atoms with E-state index >= 15 is 0 Å². The van der Waals surface area contributed by atoms with Gasteiger partial charge in [-0.1, -0.05) is 11.6 Å². The van der Waals surface area contributed by atoms with Crippen molar-refractivity contribution in [3.8, 4) is 0 Å². The highest BCUT2D eigenvalue weighted by molar-refractivity contribution is 6.29. The van der Waals surface area contributed by atoms with Crippen LogP contribution in [0.25, 0.3) is 0 Å². The van der Waals surface area contributed by atoms with E-state index in [-0.39, 0.29) is 11.1 Å². The van der Waals surface area contributed by atoms with Gasteiger partial charge in [0.15, 0.2) is 5.82 Å². The van der Waals surface area contributed by atoms with Crippen LogP contribution in [-0.4, -0.2) is 15.9 Å². The fourth-order valence-electron chi connectivity index (χ4n) is 0.959. The summed E-state index contributed by atoms with van der Waals surface area (Å²) in [4.78, 5) is 19.1. The molecule has 1 N–H and O–H groups in total. The molecule has 0 radical (unpaired) electrons. The zero-order valence-electron chi connectivity index (χ0n) is 7.48. The number of nitrogens with zero attached hydrogens (tertiary/aromatic N) is 2. The number of amides is 1. The fraction of sp³-hybridized carbons (Fsp3) is 0. The van der Waals surface area contributed by atoms with Gasteiger partial charge in [0.05, 0.1) is 24.2 Å². The first-order valence-electron chi connectivity index (χ1n) is 4.07. The topological polar surface area (TPSA) is 68.0 Å². The minimum Gasteiger partial charge on any atom is -0.472 e. The third-order valence-electron chi connectivity index (χ3n) is 1.65. The van der Waals surface area contributed by atoms with Gasteiger partial charge in [0.2, 0.25) is 0 Å².